The second kappa shape index (κ2) is 4.46. The maximum atomic E-state index is 11.9. The number of thiazole rings is 1. The number of nitrogens with two attached hydrogens (primary N) is 1. The average molecular weight is 296 g/mol. The van der Waals surface area contributed by atoms with E-state index in [0.29, 0.717) is 5.69 Å². The smallest absolute Gasteiger partial charge is 0.244 e. The molecule has 0 bridgehead atoms. The van der Waals surface area contributed by atoms with Gasteiger partial charge >= 0.3 is 0 Å². The molecule has 1 aromatic heterocycles. The van der Waals surface area contributed by atoms with Crippen LogP contribution in [0.2, 0.25) is 0 Å². The Morgan fingerprint density at radius 2 is 2.05 bits per heavy atom. The summed E-state index contributed by atoms with van der Waals surface area (Å²) in [4.78, 5) is 18.2. The molecule has 2 heterocycles. The number of nitrogen functional groups attached to an aromatic ring is 1. The summed E-state index contributed by atoms with van der Waals surface area (Å²) in [6.45, 7) is 0.247. The second-order valence-electron chi connectivity index (χ2n) is 4.85. The molecule has 5 nitrogen and oxygen atoms in total. The molecule has 1 aliphatic heterocycles. The van der Waals surface area contributed by atoms with Crippen molar-refractivity contribution in [2.75, 3.05) is 22.5 Å². The first kappa shape index (κ1) is 12.2. The van der Waals surface area contributed by atoms with Crippen LogP contribution in [0.15, 0.2) is 41.9 Å². The Balaban J connectivity index is 1.92. The van der Waals surface area contributed by atoms with Gasteiger partial charge in [0, 0.05) is 0 Å². The van der Waals surface area contributed by atoms with Crippen molar-refractivity contribution >= 4 is 50.2 Å². The monoisotopic (exact) mass is 296 g/mol. The summed E-state index contributed by atoms with van der Waals surface area (Å²) in [6.07, 6.45) is 0. The van der Waals surface area contributed by atoms with Gasteiger partial charge in [0.1, 0.15) is 12.1 Å². The Bertz CT molecular complexity index is 858. The number of carbonyl (C=O) groups is 1. The van der Waals surface area contributed by atoms with Crippen molar-refractivity contribution < 1.29 is 4.79 Å². The van der Waals surface area contributed by atoms with Crippen LogP contribution in [0, 0.1) is 0 Å². The SMILES string of the molecule is Nc1c(N2CC(=O)Nc3ccccc32)ccc2scnc12. The summed E-state index contributed by atoms with van der Waals surface area (Å²) in [5.74, 6) is -0.0496. The van der Waals surface area contributed by atoms with Gasteiger partial charge in [0.05, 0.1) is 33.0 Å². The fraction of sp³-hybridized carbons (Fsp3) is 0.0667. The lowest BCUT2D eigenvalue weighted by atomic mass is 10.1. The number of rotatable bonds is 1. The lowest BCUT2D eigenvalue weighted by Gasteiger charge is -2.31. The van der Waals surface area contributed by atoms with Gasteiger partial charge in [-0.2, -0.15) is 0 Å². The molecule has 3 aromatic rings. The molecule has 1 aliphatic rings. The number of carbonyl (C=O) groups excluding carboxylic acids is 1. The van der Waals surface area contributed by atoms with Gasteiger partial charge in [-0.3, -0.25) is 4.79 Å². The minimum atomic E-state index is -0.0496. The van der Waals surface area contributed by atoms with Crippen molar-refractivity contribution in [2.45, 2.75) is 0 Å². The van der Waals surface area contributed by atoms with Gasteiger partial charge in [-0.05, 0) is 24.3 Å². The molecule has 0 saturated carbocycles. The fourth-order valence-corrected chi connectivity index (χ4v) is 3.32. The minimum absolute atomic E-state index is 0.0496. The number of nitrogens with zero attached hydrogens (tertiary/aromatic N) is 2. The number of amides is 1. The molecule has 0 unspecified atom stereocenters. The number of hydrogen-bond donors (Lipinski definition) is 2. The van der Waals surface area contributed by atoms with Crippen LogP contribution in [-0.2, 0) is 4.79 Å². The lowest BCUT2D eigenvalue weighted by Crippen LogP contribution is -2.35. The van der Waals surface area contributed by atoms with Gasteiger partial charge in [0.25, 0.3) is 0 Å². The van der Waals surface area contributed by atoms with Crippen LogP contribution < -0.4 is 16.0 Å². The van der Waals surface area contributed by atoms with E-state index in [2.05, 4.69) is 10.3 Å². The van der Waals surface area contributed by atoms with Crippen LogP contribution in [0.4, 0.5) is 22.7 Å². The normalized spacial score (nSPS) is 14.1. The van der Waals surface area contributed by atoms with E-state index in [0.717, 1.165) is 27.3 Å². The minimum Gasteiger partial charge on any atom is -0.395 e. The largest absolute Gasteiger partial charge is 0.395 e. The highest BCUT2D eigenvalue weighted by atomic mass is 32.1. The van der Waals surface area contributed by atoms with Crippen LogP contribution in [-0.4, -0.2) is 17.4 Å². The zero-order valence-electron chi connectivity index (χ0n) is 11.0. The van der Waals surface area contributed by atoms with Crippen molar-refractivity contribution in [3.63, 3.8) is 0 Å². The molecule has 0 radical (unpaired) electrons. The quantitative estimate of drug-likeness (QED) is 0.677. The third-order valence-corrected chi connectivity index (χ3v) is 4.37. The Labute approximate surface area is 125 Å². The van der Waals surface area contributed by atoms with Crippen LogP contribution in [0.1, 0.15) is 0 Å². The van der Waals surface area contributed by atoms with Gasteiger partial charge in [-0.25, -0.2) is 4.98 Å². The van der Waals surface area contributed by atoms with Crippen molar-refractivity contribution in [1.29, 1.82) is 0 Å². The molecule has 2 aromatic carbocycles. The maximum absolute atomic E-state index is 11.9. The van der Waals surface area contributed by atoms with Gasteiger partial charge in [-0.15, -0.1) is 11.3 Å². The van der Waals surface area contributed by atoms with E-state index in [1.807, 2.05) is 41.3 Å². The van der Waals surface area contributed by atoms with E-state index in [1.165, 1.54) is 0 Å². The zero-order chi connectivity index (χ0) is 14.4. The summed E-state index contributed by atoms with van der Waals surface area (Å²) in [5, 5.41) is 2.88. The first-order valence-corrected chi connectivity index (χ1v) is 7.40. The summed E-state index contributed by atoms with van der Waals surface area (Å²) in [7, 11) is 0. The highest BCUT2D eigenvalue weighted by Crippen LogP contribution is 2.40. The number of para-hydroxylation sites is 2. The first-order valence-electron chi connectivity index (χ1n) is 6.52. The molecule has 0 saturated heterocycles. The number of benzene rings is 2. The Morgan fingerprint density at radius 3 is 2.95 bits per heavy atom. The first-order chi connectivity index (χ1) is 10.2. The standard InChI is InChI=1S/C15H12N4OS/c16-14-11(5-6-12-15(14)17-8-21-12)19-7-13(20)18-9-3-1-2-4-10(9)19/h1-6,8H,7,16H2,(H,18,20). The molecule has 0 aliphatic carbocycles. The maximum Gasteiger partial charge on any atom is 0.244 e. The summed E-state index contributed by atoms with van der Waals surface area (Å²) < 4.78 is 1.05. The van der Waals surface area contributed by atoms with Crippen molar-refractivity contribution in [1.82, 2.24) is 4.98 Å². The van der Waals surface area contributed by atoms with E-state index in [-0.39, 0.29) is 12.5 Å². The van der Waals surface area contributed by atoms with Gasteiger partial charge in [-0.1, -0.05) is 12.1 Å². The van der Waals surface area contributed by atoms with E-state index < -0.39 is 0 Å². The summed E-state index contributed by atoms with van der Waals surface area (Å²) >= 11 is 1.55. The van der Waals surface area contributed by atoms with Crippen LogP contribution >= 0.6 is 11.3 Å². The molecule has 0 spiro atoms. The highest BCUT2D eigenvalue weighted by Gasteiger charge is 2.24. The Kier molecular flexibility index (Phi) is 2.58. The molecule has 6 heteroatoms. The second-order valence-corrected chi connectivity index (χ2v) is 5.74. The van der Waals surface area contributed by atoms with E-state index >= 15 is 0 Å². The van der Waals surface area contributed by atoms with Crippen LogP contribution in [0.5, 0.6) is 0 Å². The Hall–Kier alpha value is -2.60. The van der Waals surface area contributed by atoms with E-state index in [9.17, 15) is 4.79 Å². The molecule has 21 heavy (non-hydrogen) atoms. The van der Waals surface area contributed by atoms with Crippen LogP contribution in [0.3, 0.4) is 0 Å². The summed E-state index contributed by atoms with van der Waals surface area (Å²) in [6, 6.07) is 11.6. The number of hydrogen-bond acceptors (Lipinski definition) is 5. The van der Waals surface area contributed by atoms with Crippen molar-refractivity contribution in [2.24, 2.45) is 0 Å². The third kappa shape index (κ3) is 1.84. The number of nitrogens with one attached hydrogen (secondary N) is 1. The van der Waals surface area contributed by atoms with Gasteiger partial charge < -0.3 is 16.0 Å². The average Bonchev–Trinajstić information content (AvgIpc) is 2.96. The molecule has 104 valence electrons. The highest BCUT2D eigenvalue weighted by molar-refractivity contribution is 7.16. The van der Waals surface area contributed by atoms with Crippen LogP contribution in [0.25, 0.3) is 10.2 Å². The number of aromatic nitrogens is 1. The molecular formula is C15H12N4OS. The number of anilines is 4. The predicted octanol–water partition coefficient (Wildman–Crippen LogP) is 2.97. The molecule has 4 rings (SSSR count). The fourth-order valence-electron chi connectivity index (χ4n) is 2.63. The van der Waals surface area contributed by atoms with Gasteiger partial charge in [0.2, 0.25) is 5.91 Å². The molecule has 1 amide bonds. The number of fused-ring (bicyclic) bond motifs is 2. The lowest BCUT2D eigenvalue weighted by molar-refractivity contribution is -0.115. The Morgan fingerprint density at radius 1 is 1.19 bits per heavy atom. The van der Waals surface area contributed by atoms with E-state index in [1.54, 1.807) is 16.8 Å². The zero-order valence-corrected chi connectivity index (χ0v) is 11.9. The molecule has 3 N–H and O–H groups in total. The molecule has 0 fully saturated rings. The van der Waals surface area contributed by atoms with Crippen molar-refractivity contribution in [3.05, 3.63) is 41.9 Å². The molecular weight excluding hydrogens is 284 g/mol. The van der Waals surface area contributed by atoms with Crippen molar-refractivity contribution in [3.8, 4) is 0 Å². The molecule has 0 atom stereocenters. The summed E-state index contributed by atoms with van der Waals surface area (Å²) in [5.41, 5.74) is 12.0. The third-order valence-electron chi connectivity index (χ3n) is 3.58. The van der Waals surface area contributed by atoms with E-state index in [4.69, 9.17) is 5.73 Å². The topological polar surface area (TPSA) is 71.2 Å². The predicted molar refractivity (Wildman–Crippen MR) is 86.1 cm³/mol. The van der Waals surface area contributed by atoms with Gasteiger partial charge in [0.15, 0.2) is 0 Å².